The summed E-state index contributed by atoms with van der Waals surface area (Å²) in [5, 5.41) is 3.14. The average molecular weight is 262 g/mol. The Morgan fingerprint density at radius 2 is 2.11 bits per heavy atom. The summed E-state index contributed by atoms with van der Waals surface area (Å²) in [6, 6.07) is 1.96. The zero-order valence-corrected chi connectivity index (χ0v) is 11.3. The topological polar surface area (TPSA) is 93.1 Å². The van der Waals surface area contributed by atoms with Gasteiger partial charge in [-0.3, -0.25) is 0 Å². The zero-order chi connectivity index (χ0) is 13.8. The molecule has 2 heterocycles. The predicted molar refractivity (Wildman–Crippen MR) is 74.2 cm³/mol. The van der Waals surface area contributed by atoms with Crippen molar-refractivity contribution in [2.45, 2.75) is 13.3 Å². The van der Waals surface area contributed by atoms with E-state index in [0.29, 0.717) is 18.4 Å². The highest BCUT2D eigenvalue weighted by molar-refractivity contribution is 5.40. The molecule has 0 spiro atoms. The lowest BCUT2D eigenvalue weighted by Crippen LogP contribution is -2.17. The summed E-state index contributed by atoms with van der Waals surface area (Å²) >= 11 is 0. The highest BCUT2D eigenvalue weighted by Gasteiger charge is 2.06. The smallest absolute Gasteiger partial charge is 0.231 e. The van der Waals surface area contributed by atoms with Gasteiger partial charge in [0.05, 0.1) is 6.26 Å². The minimum absolute atomic E-state index is 0.209. The molecular formula is C12H18N6O. The monoisotopic (exact) mass is 262 g/mol. The molecule has 7 heteroatoms. The van der Waals surface area contributed by atoms with Crippen molar-refractivity contribution in [2.24, 2.45) is 0 Å². The Hall–Kier alpha value is -2.31. The van der Waals surface area contributed by atoms with Gasteiger partial charge in [-0.1, -0.05) is 0 Å². The number of nitrogen functional groups attached to an aromatic ring is 1. The van der Waals surface area contributed by atoms with Gasteiger partial charge in [0, 0.05) is 20.6 Å². The summed E-state index contributed by atoms with van der Waals surface area (Å²) in [6.45, 7) is 2.65. The van der Waals surface area contributed by atoms with Gasteiger partial charge in [-0.05, 0) is 25.0 Å². The molecule has 0 fully saturated rings. The maximum atomic E-state index is 5.64. The molecule has 19 heavy (non-hydrogen) atoms. The van der Waals surface area contributed by atoms with Crippen molar-refractivity contribution in [1.82, 2.24) is 15.0 Å². The molecule has 2 rings (SSSR count). The van der Waals surface area contributed by atoms with Gasteiger partial charge in [0.1, 0.15) is 5.76 Å². The van der Waals surface area contributed by atoms with Gasteiger partial charge >= 0.3 is 0 Å². The Morgan fingerprint density at radius 1 is 1.32 bits per heavy atom. The normalized spacial score (nSPS) is 10.5. The van der Waals surface area contributed by atoms with Crippen LogP contribution in [-0.4, -0.2) is 35.6 Å². The predicted octanol–water partition coefficient (Wildman–Crippen LogP) is 1.08. The Kier molecular flexibility index (Phi) is 3.84. The van der Waals surface area contributed by atoms with E-state index in [4.69, 9.17) is 10.2 Å². The number of hydrogen-bond acceptors (Lipinski definition) is 7. The van der Waals surface area contributed by atoms with Crippen LogP contribution < -0.4 is 16.0 Å². The first-order chi connectivity index (χ1) is 9.06. The number of hydrogen-bond donors (Lipinski definition) is 2. The molecule has 7 nitrogen and oxygen atoms in total. The van der Waals surface area contributed by atoms with E-state index in [0.717, 1.165) is 12.2 Å². The summed E-state index contributed by atoms with van der Waals surface area (Å²) in [6.07, 6.45) is 2.53. The molecule has 0 unspecified atom stereocenters. The van der Waals surface area contributed by atoms with Gasteiger partial charge in [0.15, 0.2) is 0 Å². The molecular weight excluding hydrogens is 244 g/mol. The van der Waals surface area contributed by atoms with E-state index in [2.05, 4.69) is 20.3 Å². The van der Waals surface area contributed by atoms with Crippen LogP contribution in [0, 0.1) is 6.92 Å². The standard InChI is InChI=1S/C12H18N6O/c1-8-9(5-7-19-8)4-6-14-11-15-10(13)16-12(17-11)18(2)3/h5,7H,4,6H2,1-3H3,(H3,13,14,15,16,17). The minimum Gasteiger partial charge on any atom is -0.469 e. The Labute approximate surface area is 111 Å². The van der Waals surface area contributed by atoms with Gasteiger partial charge in [-0.2, -0.15) is 15.0 Å². The van der Waals surface area contributed by atoms with Gasteiger partial charge < -0.3 is 20.4 Å². The van der Waals surface area contributed by atoms with Crippen molar-refractivity contribution in [3.8, 4) is 0 Å². The first-order valence-electron chi connectivity index (χ1n) is 6.02. The highest BCUT2D eigenvalue weighted by atomic mass is 16.3. The van der Waals surface area contributed by atoms with E-state index in [9.17, 15) is 0 Å². The van der Waals surface area contributed by atoms with Crippen molar-refractivity contribution in [1.29, 1.82) is 0 Å². The van der Waals surface area contributed by atoms with Crippen molar-refractivity contribution < 1.29 is 4.42 Å². The fourth-order valence-electron chi connectivity index (χ4n) is 1.64. The molecule has 2 aromatic rings. The van der Waals surface area contributed by atoms with Crippen molar-refractivity contribution in [3.05, 3.63) is 23.7 Å². The fourth-order valence-corrected chi connectivity index (χ4v) is 1.64. The minimum atomic E-state index is 0.209. The van der Waals surface area contributed by atoms with Gasteiger partial charge in [-0.25, -0.2) is 0 Å². The summed E-state index contributed by atoms with van der Waals surface area (Å²) in [7, 11) is 3.71. The van der Waals surface area contributed by atoms with Crippen LogP contribution in [0.4, 0.5) is 17.8 Å². The lowest BCUT2D eigenvalue weighted by molar-refractivity contribution is 0.530. The van der Waals surface area contributed by atoms with E-state index < -0.39 is 0 Å². The summed E-state index contributed by atoms with van der Waals surface area (Å²) < 4.78 is 5.24. The van der Waals surface area contributed by atoms with Crippen molar-refractivity contribution in [2.75, 3.05) is 36.6 Å². The van der Waals surface area contributed by atoms with Gasteiger partial charge in [0.25, 0.3) is 0 Å². The number of nitrogens with zero attached hydrogens (tertiary/aromatic N) is 4. The largest absolute Gasteiger partial charge is 0.469 e. The quantitative estimate of drug-likeness (QED) is 0.832. The number of aryl methyl sites for hydroxylation is 1. The SMILES string of the molecule is Cc1occc1CCNc1nc(N)nc(N(C)C)n1. The second kappa shape index (κ2) is 5.55. The molecule has 0 aromatic carbocycles. The molecule has 0 atom stereocenters. The molecule has 0 radical (unpaired) electrons. The Morgan fingerprint density at radius 3 is 2.74 bits per heavy atom. The zero-order valence-electron chi connectivity index (χ0n) is 11.3. The summed E-state index contributed by atoms with van der Waals surface area (Å²) in [4.78, 5) is 14.1. The van der Waals surface area contributed by atoms with Crippen LogP contribution >= 0.6 is 0 Å². The third kappa shape index (κ3) is 3.34. The van der Waals surface area contributed by atoms with Crippen molar-refractivity contribution >= 4 is 17.8 Å². The van der Waals surface area contributed by atoms with Crippen molar-refractivity contribution in [3.63, 3.8) is 0 Å². The average Bonchev–Trinajstić information content (AvgIpc) is 2.74. The molecule has 3 N–H and O–H groups in total. The first kappa shape index (κ1) is 13.1. The molecule has 102 valence electrons. The number of anilines is 3. The fraction of sp³-hybridized carbons (Fsp3) is 0.417. The van der Waals surface area contributed by atoms with E-state index in [-0.39, 0.29) is 5.95 Å². The molecule has 0 aliphatic heterocycles. The third-order valence-electron chi connectivity index (χ3n) is 2.68. The lowest BCUT2D eigenvalue weighted by atomic mass is 10.2. The maximum absolute atomic E-state index is 5.64. The number of furan rings is 1. The molecule has 0 saturated heterocycles. The molecule has 0 saturated carbocycles. The van der Waals surface area contributed by atoms with E-state index in [1.165, 1.54) is 5.56 Å². The van der Waals surface area contributed by atoms with Crippen LogP contribution in [0.2, 0.25) is 0 Å². The second-order valence-electron chi connectivity index (χ2n) is 4.39. The first-order valence-corrected chi connectivity index (χ1v) is 6.02. The number of rotatable bonds is 5. The Balaban J connectivity index is 1.98. The summed E-state index contributed by atoms with van der Waals surface area (Å²) in [5.41, 5.74) is 6.81. The number of aromatic nitrogens is 3. The van der Waals surface area contributed by atoms with Crippen LogP contribution in [0.25, 0.3) is 0 Å². The molecule has 0 amide bonds. The second-order valence-corrected chi connectivity index (χ2v) is 4.39. The molecule has 0 aliphatic rings. The van der Waals surface area contributed by atoms with Gasteiger partial charge in [-0.15, -0.1) is 0 Å². The number of nitrogens with one attached hydrogen (secondary N) is 1. The van der Waals surface area contributed by atoms with E-state index in [1.54, 1.807) is 11.2 Å². The van der Waals surface area contributed by atoms with Crippen LogP contribution in [0.15, 0.2) is 16.7 Å². The Bertz CT molecular complexity index is 551. The molecule has 0 aliphatic carbocycles. The van der Waals surface area contributed by atoms with Crippen LogP contribution in [-0.2, 0) is 6.42 Å². The molecule has 2 aromatic heterocycles. The van der Waals surface area contributed by atoms with Gasteiger partial charge in [0.2, 0.25) is 17.8 Å². The lowest BCUT2D eigenvalue weighted by Gasteiger charge is -2.12. The molecule has 0 bridgehead atoms. The highest BCUT2D eigenvalue weighted by Crippen LogP contribution is 2.11. The van der Waals surface area contributed by atoms with Crippen LogP contribution in [0.3, 0.4) is 0 Å². The van der Waals surface area contributed by atoms with Crippen LogP contribution in [0.1, 0.15) is 11.3 Å². The summed E-state index contributed by atoms with van der Waals surface area (Å²) in [5.74, 6) is 2.17. The maximum Gasteiger partial charge on any atom is 0.231 e. The van der Waals surface area contributed by atoms with Crippen LogP contribution in [0.5, 0.6) is 0 Å². The third-order valence-corrected chi connectivity index (χ3v) is 2.68. The number of nitrogens with two attached hydrogens (primary N) is 1. The van der Waals surface area contributed by atoms with E-state index in [1.807, 2.05) is 27.1 Å². The van der Waals surface area contributed by atoms with E-state index >= 15 is 0 Å².